The molecule has 21 heteroatoms. The topological polar surface area (TPSA) is 340 Å². The molecule has 4 unspecified atom stereocenters. The maximum Gasteiger partial charge on any atom is 0.408 e. The first-order chi connectivity index (χ1) is 28.7. The van der Waals surface area contributed by atoms with E-state index in [1.54, 1.807) is 20.8 Å². The number of unbranched alkanes of at least 4 members (excludes halogenated alkanes) is 2. The molecule has 13 N–H and O–H groups in total. The molecule has 2 aliphatic heterocycles. The highest BCUT2D eigenvalue weighted by Crippen LogP contribution is 2.34. The van der Waals surface area contributed by atoms with Crippen LogP contribution in [0.5, 0.6) is 23.0 Å². The third kappa shape index (κ3) is 22.2. The zero-order valence-electron chi connectivity index (χ0n) is 35.7. The molecule has 0 radical (unpaired) electrons. The number of nitrogens with two attached hydrogens (primary N) is 5. The van der Waals surface area contributed by atoms with Gasteiger partial charge in [-0.2, -0.15) is 0 Å². The minimum atomic E-state index is -1.17. The number of ether oxygens (including phenoxy) is 5. The first kappa shape index (κ1) is 51.1. The second kappa shape index (κ2) is 26.2. The first-order valence-corrected chi connectivity index (χ1v) is 20.0. The zero-order chi connectivity index (χ0) is 45.5. The molecule has 0 aliphatic carbocycles. The summed E-state index contributed by atoms with van der Waals surface area (Å²) in [5.74, 6) is 2.14. The summed E-state index contributed by atoms with van der Waals surface area (Å²) < 4.78 is 26.1. The number of ketones is 1. The van der Waals surface area contributed by atoms with Crippen molar-refractivity contribution < 1.29 is 48.2 Å². The smallest absolute Gasteiger partial charge is 0.408 e. The van der Waals surface area contributed by atoms with Crippen LogP contribution in [0.4, 0.5) is 4.79 Å². The van der Waals surface area contributed by atoms with Crippen LogP contribution in [0.15, 0.2) is 46.5 Å². The average molecular weight is 861 g/mol. The molecule has 0 bridgehead atoms. The molecule has 0 aromatic heterocycles. The predicted molar refractivity (Wildman–Crippen MR) is 229 cm³/mol. The summed E-state index contributed by atoms with van der Waals surface area (Å²) in [6, 6.07) is 10.5. The summed E-state index contributed by atoms with van der Waals surface area (Å²) in [6.07, 6.45) is 4.80. The van der Waals surface area contributed by atoms with Crippen molar-refractivity contribution in [2.45, 2.75) is 116 Å². The Hall–Kier alpha value is -6.09. The van der Waals surface area contributed by atoms with E-state index in [1.807, 2.05) is 43.3 Å². The number of aliphatic imine (C=N–C) groups is 1. The molecular formula is C40H64N10O11. The molecule has 21 nitrogen and oxygen atoms in total. The fraction of sp³-hybridized carbons (Fsp3) is 0.575. The number of fused-ring (bicyclic) bond motifs is 2. The Balaban J connectivity index is 0.000000329. The highest BCUT2D eigenvalue weighted by atomic mass is 16.7. The highest BCUT2D eigenvalue weighted by Gasteiger charge is 2.24. The van der Waals surface area contributed by atoms with Crippen LogP contribution in [-0.2, 0) is 27.2 Å². The lowest BCUT2D eigenvalue weighted by molar-refractivity contribution is -0.485. The minimum Gasteiger partial charge on any atom is -0.480 e. The molecule has 2 aromatic rings. The second-order valence-electron chi connectivity index (χ2n) is 15.6. The highest BCUT2D eigenvalue weighted by molar-refractivity contribution is 5.84. The van der Waals surface area contributed by atoms with Crippen molar-refractivity contribution in [3.8, 4) is 23.0 Å². The van der Waals surface area contributed by atoms with Crippen molar-refractivity contribution >= 4 is 29.8 Å². The number of alkyl carbamates (subject to hydrolysis) is 1. The number of carboxylic acid groups (broad SMARTS) is 1. The van der Waals surface area contributed by atoms with Gasteiger partial charge in [0.2, 0.25) is 13.6 Å². The van der Waals surface area contributed by atoms with E-state index in [4.69, 9.17) is 57.5 Å². The quantitative estimate of drug-likeness (QED) is 0.0312. The molecule has 4 rings (SSSR count). The molecule has 2 aliphatic rings. The summed E-state index contributed by atoms with van der Waals surface area (Å²) in [4.78, 5) is 48.9. The van der Waals surface area contributed by atoms with E-state index in [0.29, 0.717) is 45.6 Å². The molecule has 0 saturated heterocycles. The van der Waals surface area contributed by atoms with Crippen LogP contribution in [-0.4, -0.2) is 90.3 Å². The van der Waals surface area contributed by atoms with E-state index in [1.165, 1.54) is 5.56 Å². The summed E-state index contributed by atoms with van der Waals surface area (Å²) in [6.45, 7) is 10.5. The van der Waals surface area contributed by atoms with E-state index >= 15 is 0 Å². The lowest BCUT2D eigenvalue weighted by Gasteiger charge is -2.22. The number of hydrogen-bond donors (Lipinski definition) is 8. The van der Waals surface area contributed by atoms with Crippen LogP contribution in [0.1, 0.15) is 90.7 Å². The molecule has 0 spiro atoms. The summed E-state index contributed by atoms with van der Waals surface area (Å²) in [5.41, 5.74) is 29.1. The van der Waals surface area contributed by atoms with Crippen molar-refractivity contribution in [3.63, 3.8) is 0 Å². The van der Waals surface area contributed by atoms with Gasteiger partial charge >= 0.3 is 12.1 Å². The second-order valence-corrected chi connectivity index (χ2v) is 15.6. The number of carboxylic acids is 1. The van der Waals surface area contributed by atoms with Crippen LogP contribution in [0.3, 0.4) is 0 Å². The average Bonchev–Trinajstić information content (AvgIpc) is 3.82. The normalized spacial score (nSPS) is 14.4. The molecule has 4 atom stereocenters. The molecule has 2 heterocycles. The lowest BCUT2D eigenvalue weighted by atomic mass is 9.92. The molecule has 0 fully saturated rings. The van der Waals surface area contributed by atoms with Gasteiger partial charge in [0.15, 0.2) is 34.0 Å². The molecular weight excluding hydrogens is 796 g/mol. The van der Waals surface area contributed by atoms with Crippen molar-refractivity contribution in [3.05, 3.63) is 57.6 Å². The van der Waals surface area contributed by atoms with Gasteiger partial charge in [-0.25, -0.2) is 19.7 Å². The number of hydrazone groups is 1. The standard InChI is InChI=1S/C18H28N4O3.C12H23N5O6.C10H13NO2/c1-12(8-13-5-6-16-17(10-13)25-11-24-16)9-15(23)14(19)4-2-3-7-22-18(20)21;1-12(2,3)23-11(20)15-8(9(18)19)6-4-5-7-14-10(13)16-17(21)22;1-7(11)4-8-2-3-9-10(5-8)13-6-12-9/h5-6,10,12,14H,2-4,7-9,11,19H2,1H3,(H4,20,21,22);8H,4-7H2,1-3H3,(H,15,20)(H,18,19)(H3,13,14,16);2-3,5,7H,4,6,11H2,1H3. The molecule has 1 amide bonds. The van der Waals surface area contributed by atoms with Crippen LogP contribution >= 0.6 is 0 Å². The number of nitro groups is 1. The van der Waals surface area contributed by atoms with E-state index in [0.717, 1.165) is 54.2 Å². The van der Waals surface area contributed by atoms with Crippen LogP contribution in [0, 0.1) is 16.0 Å². The molecule has 340 valence electrons. The Labute approximate surface area is 356 Å². The molecule has 2 aromatic carbocycles. The summed E-state index contributed by atoms with van der Waals surface area (Å²) >= 11 is 0. The SMILES string of the molecule is CC(C)(C)OC(=O)NC(CCCCN/C(N)=N/[N+](=O)[O-])C(=O)O.CC(CC(=O)C(N)CCCCN=C(N)N)Cc1ccc2c(c1)OCO2.CC(N)Cc1ccc2c(c1)OCO2. The Kier molecular flexibility index (Phi) is 21.9. The summed E-state index contributed by atoms with van der Waals surface area (Å²) in [7, 11) is 0. The number of nitrogens with one attached hydrogen (secondary N) is 2. The van der Waals surface area contributed by atoms with Crippen molar-refractivity contribution in [2.75, 3.05) is 26.7 Å². The van der Waals surface area contributed by atoms with E-state index in [-0.39, 0.29) is 42.9 Å². The number of nitrogens with zero attached hydrogens (tertiary/aromatic N) is 3. The number of hydrogen-bond acceptors (Lipinski definition) is 13. The lowest BCUT2D eigenvalue weighted by Crippen LogP contribution is -2.43. The maximum absolute atomic E-state index is 12.3. The largest absolute Gasteiger partial charge is 0.480 e. The first-order valence-electron chi connectivity index (χ1n) is 20.0. The molecule has 0 saturated carbocycles. The van der Waals surface area contributed by atoms with Gasteiger partial charge in [-0.05, 0) is 120 Å². The third-order valence-corrected chi connectivity index (χ3v) is 8.60. The number of amides is 1. The number of carbonyl (C=O) groups is 3. The number of benzene rings is 2. The van der Waals surface area contributed by atoms with E-state index in [2.05, 4.69) is 27.7 Å². The van der Waals surface area contributed by atoms with Gasteiger partial charge in [0.1, 0.15) is 22.5 Å². The summed E-state index contributed by atoms with van der Waals surface area (Å²) in [5, 5.41) is 25.8. The van der Waals surface area contributed by atoms with Gasteiger partial charge in [-0.15, -0.1) is 0 Å². The number of rotatable bonds is 20. The number of carbonyl (C=O) groups excluding carboxylic acids is 2. The molecule has 61 heavy (non-hydrogen) atoms. The minimum absolute atomic E-state index is 0.0951. The van der Waals surface area contributed by atoms with Crippen molar-refractivity contribution in [2.24, 2.45) is 44.7 Å². The van der Waals surface area contributed by atoms with Crippen LogP contribution in [0.2, 0.25) is 0 Å². The van der Waals surface area contributed by atoms with Crippen LogP contribution in [0.25, 0.3) is 0 Å². The number of Topliss-reactive ketones (excluding diaryl/α,β-unsaturated/α-hetero) is 1. The van der Waals surface area contributed by atoms with E-state index in [9.17, 15) is 24.5 Å². The van der Waals surface area contributed by atoms with Gasteiger partial charge in [0.25, 0.3) is 5.96 Å². The monoisotopic (exact) mass is 860 g/mol. The Morgan fingerprint density at radius 1 is 0.869 bits per heavy atom. The maximum atomic E-state index is 12.3. The van der Waals surface area contributed by atoms with E-state index < -0.39 is 34.8 Å². The zero-order valence-corrected chi connectivity index (χ0v) is 35.7. The van der Waals surface area contributed by atoms with Gasteiger partial charge in [-0.1, -0.05) is 19.1 Å². The Morgan fingerprint density at radius 2 is 1.43 bits per heavy atom. The van der Waals surface area contributed by atoms with Gasteiger partial charge < -0.3 is 68.1 Å². The van der Waals surface area contributed by atoms with Gasteiger partial charge in [0.05, 0.1) is 6.04 Å². The number of guanidine groups is 2. The Morgan fingerprint density at radius 3 is 1.95 bits per heavy atom. The van der Waals surface area contributed by atoms with Crippen molar-refractivity contribution in [1.82, 2.24) is 10.6 Å². The van der Waals surface area contributed by atoms with Gasteiger partial charge in [0, 0.05) is 25.6 Å². The fourth-order valence-electron chi connectivity index (χ4n) is 5.84. The number of aliphatic carboxylic acids is 1. The Bertz CT molecular complexity index is 1780. The third-order valence-electron chi connectivity index (χ3n) is 8.60. The van der Waals surface area contributed by atoms with Crippen LogP contribution < -0.4 is 58.2 Å². The van der Waals surface area contributed by atoms with Gasteiger partial charge in [-0.3, -0.25) is 9.79 Å². The predicted octanol–water partition coefficient (Wildman–Crippen LogP) is 2.86. The van der Waals surface area contributed by atoms with Crippen molar-refractivity contribution in [1.29, 1.82) is 0 Å². The fourth-order valence-corrected chi connectivity index (χ4v) is 5.84.